The van der Waals surface area contributed by atoms with Crippen molar-refractivity contribution in [1.82, 2.24) is 15.3 Å². The molecule has 1 amide bonds. The smallest absolute Gasteiger partial charge is 0.404 e. The standard InChI is InChI=1S/C18H16BrN3O4/c19-13-4-5-16-12(8-13)9-15(11-20-16)25-6-7-26-17-3-1-2-14(22-17)10-21-18(23)24/h1-5,8-9,11,21H,6-7,10H2,(H,23,24). The van der Waals surface area contributed by atoms with Crippen molar-refractivity contribution < 1.29 is 19.4 Å². The molecule has 0 unspecified atom stereocenters. The van der Waals surface area contributed by atoms with Gasteiger partial charge in [0.05, 0.1) is 24.0 Å². The molecule has 3 rings (SSSR count). The van der Waals surface area contributed by atoms with Crippen LogP contribution < -0.4 is 14.8 Å². The fraction of sp³-hybridized carbons (Fsp3) is 0.167. The van der Waals surface area contributed by atoms with E-state index >= 15 is 0 Å². The molecular formula is C18H16BrN3O4. The van der Waals surface area contributed by atoms with Crippen molar-refractivity contribution >= 4 is 32.9 Å². The summed E-state index contributed by atoms with van der Waals surface area (Å²) in [6.45, 7) is 0.765. The van der Waals surface area contributed by atoms with Gasteiger partial charge in [0.1, 0.15) is 19.0 Å². The summed E-state index contributed by atoms with van der Waals surface area (Å²) in [5.74, 6) is 1.07. The molecule has 7 nitrogen and oxygen atoms in total. The minimum atomic E-state index is -1.09. The lowest BCUT2D eigenvalue weighted by molar-refractivity contribution is 0.193. The maximum absolute atomic E-state index is 10.5. The van der Waals surface area contributed by atoms with Crippen LogP contribution in [0.15, 0.2) is 53.1 Å². The van der Waals surface area contributed by atoms with Crippen LogP contribution in [0.2, 0.25) is 0 Å². The first kappa shape index (κ1) is 17.9. The van der Waals surface area contributed by atoms with Gasteiger partial charge in [0.2, 0.25) is 5.88 Å². The minimum Gasteiger partial charge on any atom is -0.488 e. The molecule has 0 fully saturated rings. The highest BCUT2D eigenvalue weighted by Gasteiger charge is 2.03. The normalized spacial score (nSPS) is 10.5. The summed E-state index contributed by atoms with van der Waals surface area (Å²) >= 11 is 3.44. The van der Waals surface area contributed by atoms with Crippen molar-refractivity contribution in [3.63, 3.8) is 0 Å². The van der Waals surface area contributed by atoms with Gasteiger partial charge in [-0.3, -0.25) is 4.98 Å². The van der Waals surface area contributed by atoms with Crippen molar-refractivity contribution in [1.29, 1.82) is 0 Å². The molecule has 0 aliphatic heterocycles. The van der Waals surface area contributed by atoms with Crippen LogP contribution in [0.5, 0.6) is 11.6 Å². The zero-order valence-corrected chi connectivity index (χ0v) is 15.3. The summed E-state index contributed by atoms with van der Waals surface area (Å²) < 4.78 is 12.2. The molecule has 0 bridgehead atoms. The number of carboxylic acid groups (broad SMARTS) is 1. The third kappa shape index (κ3) is 5.06. The van der Waals surface area contributed by atoms with Crippen molar-refractivity contribution in [3.8, 4) is 11.6 Å². The van der Waals surface area contributed by atoms with Gasteiger partial charge in [-0.2, -0.15) is 0 Å². The van der Waals surface area contributed by atoms with Crippen molar-refractivity contribution in [2.24, 2.45) is 0 Å². The maximum atomic E-state index is 10.5. The topological polar surface area (TPSA) is 93.6 Å². The van der Waals surface area contributed by atoms with Gasteiger partial charge in [-0.25, -0.2) is 9.78 Å². The van der Waals surface area contributed by atoms with E-state index in [1.54, 1.807) is 24.4 Å². The zero-order valence-electron chi connectivity index (χ0n) is 13.7. The van der Waals surface area contributed by atoms with Gasteiger partial charge in [0.15, 0.2) is 0 Å². The van der Waals surface area contributed by atoms with Crippen LogP contribution in [-0.4, -0.2) is 34.4 Å². The van der Waals surface area contributed by atoms with E-state index < -0.39 is 6.09 Å². The number of benzene rings is 1. The number of hydrogen-bond donors (Lipinski definition) is 2. The van der Waals surface area contributed by atoms with Crippen LogP contribution in [-0.2, 0) is 6.54 Å². The molecule has 0 saturated heterocycles. The Balaban J connectivity index is 1.51. The van der Waals surface area contributed by atoms with Gasteiger partial charge in [-0.1, -0.05) is 22.0 Å². The quantitative estimate of drug-likeness (QED) is 0.570. The number of hydrogen-bond acceptors (Lipinski definition) is 5. The van der Waals surface area contributed by atoms with Gasteiger partial charge < -0.3 is 19.9 Å². The zero-order chi connectivity index (χ0) is 18.4. The molecule has 0 atom stereocenters. The largest absolute Gasteiger partial charge is 0.488 e. The maximum Gasteiger partial charge on any atom is 0.404 e. The van der Waals surface area contributed by atoms with Gasteiger partial charge in [-0.05, 0) is 30.3 Å². The van der Waals surface area contributed by atoms with Crippen LogP contribution in [0.25, 0.3) is 10.9 Å². The SMILES string of the molecule is O=C(O)NCc1cccc(OCCOc2cnc3ccc(Br)cc3c2)n1. The third-order valence-corrected chi connectivity index (χ3v) is 3.92. The van der Waals surface area contributed by atoms with Crippen LogP contribution in [0, 0.1) is 0 Å². The van der Waals surface area contributed by atoms with E-state index in [2.05, 4.69) is 31.2 Å². The Kier molecular flexibility index (Phi) is 5.85. The lowest BCUT2D eigenvalue weighted by atomic mass is 10.2. The van der Waals surface area contributed by atoms with Crippen LogP contribution in [0.4, 0.5) is 4.79 Å². The van der Waals surface area contributed by atoms with Crippen LogP contribution in [0.3, 0.4) is 0 Å². The number of rotatable bonds is 7. The summed E-state index contributed by atoms with van der Waals surface area (Å²) in [5.41, 5.74) is 1.47. The van der Waals surface area contributed by atoms with Gasteiger partial charge in [0, 0.05) is 15.9 Å². The summed E-state index contributed by atoms with van der Waals surface area (Å²) in [6.07, 6.45) is 0.578. The number of carbonyl (C=O) groups is 1. The molecular weight excluding hydrogens is 402 g/mol. The second-order valence-electron chi connectivity index (χ2n) is 5.33. The fourth-order valence-electron chi connectivity index (χ4n) is 2.27. The van der Waals surface area contributed by atoms with E-state index in [0.29, 0.717) is 30.5 Å². The molecule has 0 aliphatic rings. The van der Waals surface area contributed by atoms with Gasteiger partial charge in [-0.15, -0.1) is 0 Å². The molecule has 2 N–H and O–H groups in total. The molecule has 26 heavy (non-hydrogen) atoms. The van der Waals surface area contributed by atoms with Crippen LogP contribution in [0.1, 0.15) is 5.69 Å². The van der Waals surface area contributed by atoms with E-state index in [-0.39, 0.29) is 6.54 Å². The van der Waals surface area contributed by atoms with E-state index in [1.807, 2.05) is 24.3 Å². The number of aromatic nitrogens is 2. The Morgan fingerprint density at radius 2 is 2.00 bits per heavy atom. The summed E-state index contributed by atoms with van der Waals surface area (Å²) in [6, 6.07) is 13.0. The fourth-order valence-corrected chi connectivity index (χ4v) is 2.65. The van der Waals surface area contributed by atoms with Crippen molar-refractivity contribution in [3.05, 3.63) is 58.8 Å². The predicted molar refractivity (Wildman–Crippen MR) is 99.5 cm³/mol. The van der Waals surface area contributed by atoms with E-state index in [1.165, 1.54) is 0 Å². The molecule has 2 heterocycles. The minimum absolute atomic E-state index is 0.126. The number of nitrogens with zero attached hydrogens (tertiary/aromatic N) is 2. The highest BCUT2D eigenvalue weighted by Crippen LogP contribution is 2.22. The Hall–Kier alpha value is -2.87. The van der Waals surface area contributed by atoms with Gasteiger partial charge >= 0.3 is 6.09 Å². The van der Waals surface area contributed by atoms with E-state index in [9.17, 15) is 4.79 Å². The molecule has 0 radical (unpaired) electrons. The Bertz CT molecular complexity index is 920. The Morgan fingerprint density at radius 1 is 1.15 bits per heavy atom. The molecule has 0 saturated carbocycles. The highest BCUT2D eigenvalue weighted by molar-refractivity contribution is 9.10. The lowest BCUT2D eigenvalue weighted by Gasteiger charge is -2.09. The predicted octanol–water partition coefficient (Wildman–Crippen LogP) is 3.62. The average Bonchev–Trinajstić information content (AvgIpc) is 2.63. The first-order valence-corrected chi connectivity index (χ1v) is 8.63. The molecule has 1 aromatic carbocycles. The van der Waals surface area contributed by atoms with E-state index in [0.717, 1.165) is 15.4 Å². The molecule has 3 aromatic rings. The van der Waals surface area contributed by atoms with E-state index in [4.69, 9.17) is 14.6 Å². The summed E-state index contributed by atoms with van der Waals surface area (Å²) in [4.78, 5) is 19.1. The molecule has 0 spiro atoms. The van der Waals surface area contributed by atoms with Crippen molar-refractivity contribution in [2.45, 2.75) is 6.54 Å². The highest BCUT2D eigenvalue weighted by atomic mass is 79.9. The van der Waals surface area contributed by atoms with Crippen LogP contribution >= 0.6 is 15.9 Å². The molecule has 0 aliphatic carbocycles. The number of fused-ring (bicyclic) bond motifs is 1. The second-order valence-corrected chi connectivity index (χ2v) is 6.25. The average molecular weight is 418 g/mol. The van der Waals surface area contributed by atoms with Crippen molar-refractivity contribution in [2.75, 3.05) is 13.2 Å². The summed E-state index contributed by atoms with van der Waals surface area (Å²) in [5, 5.41) is 11.9. The third-order valence-electron chi connectivity index (χ3n) is 3.42. The Morgan fingerprint density at radius 3 is 2.85 bits per heavy atom. The number of halogens is 1. The summed E-state index contributed by atoms with van der Waals surface area (Å²) in [7, 11) is 0. The van der Waals surface area contributed by atoms with Gasteiger partial charge in [0.25, 0.3) is 0 Å². The molecule has 8 heteroatoms. The number of ether oxygens (including phenoxy) is 2. The molecule has 134 valence electrons. The molecule has 2 aromatic heterocycles. The first-order chi connectivity index (χ1) is 12.6. The lowest BCUT2D eigenvalue weighted by Crippen LogP contribution is -2.20. The second kappa shape index (κ2) is 8.48. The Labute approximate surface area is 158 Å². The monoisotopic (exact) mass is 417 g/mol. The number of nitrogens with one attached hydrogen (secondary N) is 1. The number of amides is 1. The number of pyridine rings is 2. The first-order valence-electron chi connectivity index (χ1n) is 7.84.